The van der Waals surface area contributed by atoms with Crippen LogP contribution in [0.25, 0.3) is 0 Å². The van der Waals surface area contributed by atoms with Gasteiger partial charge in [0.1, 0.15) is 12.1 Å². The van der Waals surface area contributed by atoms with E-state index in [1.807, 2.05) is 0 Å². The highest BCUT2D eigenvalue weighted by molar-refractivity contribution is 5.90. The van der Waals surface area contributed by atoms with Crippen molar-refractivity contribution in [2.45, 2.75) is 37.8 Å². The Morgan fingerprint density at radius 1 is 1.27 bits per heavy atom. The molecule has 0 spiro atoms. The van der Waals surface area contributed by atoms with Gasteiger partial charge in [0.15, 0.2) is 17.3 Å². The molecule has 1 aromatic carbocycles. The third-order valence-electron chi connectivity index (χ3n) is 4.54. The Balaban J connectivity index is 1.62. The average Bonchev–Trinajstić information content (AvgIpc) is 2.71. The van der Waals surface area contributed by atoms with Crippen LogP contribution in [0.2, 0.25) is 0 Å². The summed E-state index contributed by atoms with van der Waals surface area (Å²) in [6.45, 7) is 0.345. The average molecular weight is 427 g/mol. The standard InChI is InChI=1S/C19H20F3N3O5/c1-28-16-15(18(26)27)24-10-25-17(16)23-9-13-3-2-4-14(29-13)11-5-7-12(8-6-11)30-19(20,21)22/h5-8,10,13-14H,2-4,9H2,1H3,(H,26,27)(H,23,24,25)/t13-,14+/m1/s1. The Morgan fingerprint density at radius 2 is 2.00 bits per heavy atom. The number of anilines is 1. The number of ether oxygens (including phenoxy) is 3. The minimum Gasteiger partial charge on any atom is -0.491 e. The molecular formula is C19H20F3N3O5. The van der Waals surface area contributed by atoms with Crippen LogP contribution in [0, 0.1) is 0 Å². The van der Waals surface area contributed by atoms with E-state index in [0.717, 1.165) is 31.2 Å². The van der Waals surface area contributed by atoms with Crippen LogP contribution in [0.5, 0.6) is 11.5 Å². The zero-order valence-electron chi connectivity index (χ0n) is 16.0. The first-order valence-electron chi connectivity index (χ1n) is 9.14. The molecule has 2 atom stereocenters. The summed E-state index contributed by atoms with van der Waals surface area (Å²) in [5, 5.41) is 12.2. The number of benzene rings is 1. The second-order valence-corrected chi connectivity index (χ2v) is 6.58. The summed E-state index contributed by atoms with van der Waals surface area (Å²) < 4.78 is 51.9. The second-order valence-electron chi connectivity index (χ2n) is 6.58. The Bertz CT molecular complexity index is 877. The van der Waals surface area contributed by atoms with Gasteiger partial charge >= 0.3 is 12.3 Å². The fourth-order valence-corrected chi connectivity index (χ4v) is 3.23. The number of nitrogens with one attached hydrogen (secondary N) is 1. The van der Waals surface area contributed by atoms with E-state index in [1.165, 1.54) is 19.2 Å². The van der Waals surface area contributed by atoms with Crippen LogP contribution in [0.4, 0.5) is 19.0 Å². The zero-order chi connectivity index (χ0) is 21.7. The SMILES string of the molecule is COc1c(NC[C@H]2CCC[C@@H](c3ccc(OC(F)(F)F)cc3)O2)ncnc1C(=O)O. The monoisotopic (exact) mass is 427 g/mol. The van der Waals surface area contributed by atoms with Gasteiger partial charge in [-0.2, -0.15) is 0 Å². The van der Waals surface area contributed by atoms with Crippen LogP contribution in [-0.4, -0.2) is 47.2 Å². The maximum Gasteiger partial charge on any atom is 0.573 e. The van der Waals surface area contributed by atoms with Gasteiger partial charge in [0.25, 0.3) is 0 Å². The number of hydrogen-bond acceptors (Lipinski definition) is 7. The van der Waals surface area contributed by atoms with Crippen molar-refractivity contribution in [2.24, 2.45) is 0 Å². The Hall–Kier alpha value is -3.08. The van der Waals surface area contributed by atoms with Gasteiger partial charge in [0.2, 0.25) is 0 Å². The molecule has 1 saturated heterocycles. The van der Waals surface area contributed by atoms with E-state index in [1.54, 1.807) is 12.1 Å². The molecular weight excluding hydrogens is 407 g/mol. The molecule has 1 aliphatic heterocycles. The molecule has 11 heteroatoms. The highest BCUT2D eigenvalue weighted by Crippen LogP contribution is 2.33. The molecule has 0 amide bonds. The van der Waals surface area contributed by atoms with Gasteiger partial charge in [-0.1, -0.05) is 12.1 Å². The number of hydrogen-bond donors (Lipinski definition) is 2. The third-order valence-corrected chi connectivity index (χ3v) is 4.54. The summed E-state index contributed by atoms with van der Waals surface area (Å²) in [5.41, 5.74) is 0.501. The molecule has 30 heavy (non-hydrogen) atoms. The number of aromatic carboxylic acids is 1. The largest absolute Gasteiger partial charge is 0.573 e. The summed E-state index contributed by atoms with van der Waals surface area (Å²) in [6.07, 6.45) is -1.73. The van der Waals surface area contributed by atoms with E-state index >= 15 is 0 Å². The van der Waals surface area contributed by atoms with Crippen molar-refractivity contribution in [2.75, 3.05) is 19.0 Å². The molecule has 0 aliphatic carbocycles. The van der Waals surface area contributed by atoms with Crippen molar-refractivity contribution >= 4 is 11.8 Å². The number of carboxylic acid groups (broad SMARTS) is 1. The number of carboxylic acids is 1. The van der Waals surface area contributed by atoms with Crippen molar-refractivity contribution in [1.29, 1.82) is 0 Å². The van der Waals surface area contributed by atoms with Crippen LogP contribution < -0.4 is 14.8 Å². The number of rotatable bonds is 7. The molecule has 2 aromatic rings. The van der Waals surface area contributed by atoms with E-state index in [4.69, 9.17) is 9.47 Å². The molecule has 162 valence electrons. The van der Waals surface area contributed by atoms with Crippen molar-refractivity contribution in [3.63, 3.8) is 0 Å². The first-order chi connectivity index (χ1) is 14.3. The molecule has 0 unspecified atom stereocenters. The van der Waals surface area contributed by atoms with Crippen molar-refractivity contribution in [1.82, 2.24) is 9.97 Å². The van der Waals surface area contributed by atoms with Gasteiger partial charge in [-0.05, 0) is 37.0 Å². The minimum absolute atomic E-state index is 0.0256. The van der Waals surface area contributed by atoms with Crippen LogP contribution >= 0.6 is 0 Å². The Labute approximate surface area is 170 Å². The lowest BCUT2D eigenvalue weighted by atomic mass is 9.98. The Morgan fingerprint density at radius 3 is 2.63 bits per heavy atom. The molecule has 1 fully saturated rings. The molecule has 2 heterocycles. The summed E-state index contributed by atoms with van der Waals surface area (Å²) >= 11 is 0. The number of methoxy groups -OCH3 is 1. The Kier molecular flexibility index (Phi) is 6.60. The van der Waals surface area contributed by atoms with E-state index in [0.29, 0.717) is 6.54 Å². The molecule has 3 rings (SSSR count). The number of halogens is 3. The van der Waals surface area contributed by atoms with E-state index < -0.39 is 12.3 Å². The molecule has 8 nitrogen and oxygen atoms in total. The number of nitrogens with zero attached hydrogens (tertiary/aromatic N) is 2. The van der Waals surface area contributed by atoms with E-state index in [-0.39, 0.29) is 35.2 Å². The number of alkyl halides is 3. The van der Waals surface area contributed by atoms with Gasteiger partial charge in [0, 0.05) is 6.54 Å². The first-order valence-corrected chi connectivity index (χ1v) is 9.14. The lowest BCUT2D eigenvalue weighted by Gasteiger charge is -2.31. The predicted molar refractivity (Wildman–Crippen MR) is 98.6 cm³/mol. The molecule has 0 bridgehead atoms. The highest BCUT2D eigenvalue weighted by atomic mass is 19.4. The van der Waals surface area contributed by atoms with Gasteiger partial charge in [0.05, 0.1) is 19.3 Å². The lowest BCUT2D eigenvalue weighted by molar-refractivity contribution is -0.274. The third kappa shape index (κ3) is 5.50. The van der Waals surface area contributed by atoms with Gasteiger partial charge in [-0.3, -0.25) is 0 Å². The normalized spacial score (nSPS) is 19.2. The lowest BCUT2D eigenvalue weighted by Crippen LogP contribution is -2.29. The van der Waals surface area contributed by atoms with Crippen LogP contribution in [0.15, 0.2) is 30.6 Å². The molecule has 2 N–H and O–H groups in total. The van der Waals surface area contributed by atoms with Crippen molar-refractivity contribution < 1.29 is 37.3 Å². The van der Waals surface area contributed by atoms with E-state index in [9.17, 15) is 23.1 Å². The highest BCUT2D eigenvalue weighted by Gasteiger charge is 2.31. The molecule has 0 saturated carbocycles. The van der Waals surface area contributed by atoms with Gasteiger partial charge in [-0.25, -0.2) is 14.8 Å². The quantitative estimate of drug-likeness (QED) is 0.688. The number of aromatic nitrogens is 2. The smallest absolute Gasteiger partial charge is 0.491 e. The maximum atomic E-state index is 12.3. The summed E-state index contributed by atoms with van der Waals surface area (Å²) in [6, 6.07) is 5.61. The van der Waals surface area contributed by atoms with Crippen LogP contribution in [-0.2, 0) is 4.74 Å². The van der Waals surface area contributed by atoms with Gasteiger partial charge in [-0.15, -0.1) is 13.2 Å². The van der Waals surface area contributed by atoms with Gasteiger partial charge < -0.3 is 24.6 Å². The minimum atomic E-state index is -4.73. The molecule has 0 radical (unpaired) electrons. The first kappa shape index (κ1) is 21.6. The summed E-state index contributed by atoms with van der Waals surface area (Å²) in [4.78, 5) is 19.0. The summed E-state index contributed by atoms with van der Waals surface area (Å²) in [5.74, 6) is -1.25. The van der Waals surface area contributed by atoms with Crippen molar-refractivity contribution in [3.05, 3.63) is 41.9 Å². The fraction of sp³-hybridized carbons (Fsp3) is 0.421. The maximum absolute atomic E-state index is 12.3. The molecule has 1 aliphatic rings. The second kappa shape index (κ2) is 9.16. The summed E-state index contributed by atoms with van der Waals surface area (Å²) in [7, 11) is 1.33. The topological polar surface area (TPSA) is 103 Å². The van der Waals surface area contributed by atoms with E-state index in [2.05, 4.69) is 20.0 Å². The zero-order valence-corrected chi connectivity index (χ0v) is 16.0. The van der Waals surface area contributed by atoms with Crippen LogP contribution in [0.3, 0.4) is 0 Å². The predicted octanol–water partition coefficient (Wildman–Crippen LogP) is 3.80. The van der Waals surface area contributed by atoms with Crippen LogP contribution in [0.1, 0.15) is 41.4 Å². The van der Waals surface area contributed by atoms with Crippen molar-refractivity contribution in [3.8, 4) is 11.5 Å². The number of carbonyl (C=O) groups is 1. The molecule has 1 aromatic heterocycles. The fourth-order valence-electron chi connectivity index (χ4n) is 3.23.